The molecule has 0 aromatic heterocycles. The van der Waals surface area contributed by atoms with Crippen molar-refractivity contribution in [1.29, 1.82) is 0 Å². The van der Waals surface area contributed by atoms with E-state index < -0.39 is 0 Å². The van der Waals surface area contributed by atoms with E-state index in [1.807, 2.05) is 18.7 Å². The molecule has 0 bridgehead atoms. The maximum atomic E-state index is 12.5. The minimum absolute atomic E-state index is 0.00490. The minimum atomic E-state index is 0.00490. The number of nitrogens with zero attached hydrogens (tertiary/aromatic N) is 1. The third-order valence-electron chi connectivity index (χ3n) is 4.43. The number of carbonyl (C=O) groups is 1. The van der Waals surface area contributed by atoms with Gasteiger partial charge >= 0.3 is 6.03 Å². The fraction of sp³-hybridized carbons (Fsp3) is 0.450. The second-order valence-corrected chi connectivity index (χ2v) is 6.90. The van der Waals surface area contributed by atoms with Crippen LogP contribution in [0.25, 0.3) is 10.8 Å². The van der Waals surface area contributed by atoms with Gasteiger partial charge in [0, 0.05) is 19.1 Å². The van der Waals surface area contributed by atoms with Gasteiger partial charge in [0.1, 0.15) is 0 Å². The lowest BCUT2D eigenvalue weighted by Gasteiger charge is -2.35. The highest BCUT2D eigenvalue weighted by molar-refractivity contribution is 5.83. The van der Waals surface area contributed by atoms with Gasteiger partial charge in [-0.05, 0) is 43.5 Å². The van der Waals surface area contributed by atoms with Crippen molar-refractivity contribution in [2.24, 2.45) is 0 Å². The number of ether oxygens (including phenoxy) is 1. The maximum Gasteiger partial charge on any atom is 0.317 e. The van der Waals surface area contributed by atoms with Crippen molar-refractivity contribution in [2.45, 2.75) is 45.4 Å². The molecule has 0 aliphatic carbocycles. The quantitative estimate of drug-likeness (QED) is 0.936. The lowest BCUT2D eigenvalue weighted by atomic mass is 10.0. The van der Waals surface area contributed by atoms with Gasteiger partial charge in [-0.1, -0.05) is 42.5 Å². The van der Waals surface area contributed by atoms with Crippen molar-refractivity contribution in [2.75, 3.05) is 13.1 Å². The summed E-state index contributed by atoms with van der Waals surface area (Å²) in [5, 5.41) is 5.60. The summed E-state index contributed by atoms with van der Waals surface area (Å²) in [5.41, 5.74) is 1.24. The molecule has 3 unspecified atom stereocenters. The molecule has 3 atom stereocenters. The fourth-order valence-electron chi connectivity index (χ4n) is 3.42. The Kier molecular flexibility index (Phi) is 5.05. The second-order valence-electron chi connectivity index (χ2n) is 6.90. The minimum Gasteiger partial charge on any atom is -0.372 e. The topological polar surface area (TPSA) is 41.6 Å². The van der Waals surface area contributed by atoms with Crippen LogP contribution in [0.2, 0.25) is 0 Å². The first-order chi connectivity index (χ1) is 11.5. The van der Waals surface area contributed by atoms with Gasteiger partial charge in [0.05, 0.1) is 12.2 Å². The molecule has 128 valence electrons. The molecular weight excluding hydrogens is 300 g/mol. The highest BCUT2D eigenvalue weighted by Gasteiger charge is 2.26. The van der Waals surface area contributed by atoms with Crippen LogP contribution >= 0.6 is 0 Å². The summed E-state index contributed by atoms with van der Waals surface area (Å²) in [6, 6.07) is 14.9. The van der Waals surface area contributed by atoms with Gasteiger partial charge in [-0.15, -0.1) is 0 Å². The van der Waals surface area contributed by atoms with Crippen LogP contribution in [0.4, 0.5) is 4.79 Å². The van der Waals surface area contributed by atoms with E-state index in [-0.39, 0.29) is 24.3 Å². The first-order valence-electron chi connectivity index (χ1n) is 8.70. The molecule has 3 rings (SSSR count). The lowest BCUT2D eigenvalue weighted by molar-refractivity contribution is -0.0547. The molecule has 1 aliphatic heterocycles. The van der Waals surface area contributed by atoms with Crippen LogP contribution in [0.5, 0.6) is 0 Å². The summed E-state index contributed by atoms with van der Waals surface area (Å²) in [7, 11) is 0. The number of urea groups is 1. The molecular formula is C20H26N2O2. The zero-order chi connectivity index (χ0) is 17.1. The van der Waals surface area contributed by atoms with Crippen LogP contribution < -0.4 is 5.32 Å². The molecule has 0 saturated carbocycles. The Balaban J connectivity index is 1.59. The standard InChI is InChI=1S/C20H26N2O2/c1-14(21-20(23)22-12-15(2)24-16(3)13-22)10-17-8-9-18-6-4-5-7-19(18)11-17/h4-9,11,14-16H,10,12-13H2,1-3H3,(H,21,23). The van der Waals surface area contributed by atoms with Crippen LogP contribution in [0.1, 0.15) is 26.3 Å². The molecule has 1 heterocycles. The number of benzene rings is 2. The summed E-state index contributed by atoms with van der Waals surface area (Å²) >= 11 is 0. The molecule has 2 amide bonds. The predicted octanol–water partition coefficient (Wildman–Crippen LogP) is 3.59. The largest absolute Gasteiger partial charge is 0.372 e. The van der Waals surface area contributed by atoms with E-state index in [0.29, 0.717) is 13.1 Å². The van der Waals surface area contributed by atoms with Crippen molar-refractivity contribution in [1.82, 2.24) is 10.2 Å². The molecule has 4 nitrogen and oxygen atoms in total. The highest BCUT2D eigenvalue weighted by Crippen LogP contribution is 2.17. The van der Waals surface area contributed by atoms with E-state index in [4.69, 9.17) is 4.74 Å². The number of carbonyl (C=O) groups excluding carboxylic acids is 1. The van der Waals surface area contributed by atoms with E-state index in [1.54, 1.807) is 0 Å². The van der Waals surface area contributed by atoms with E-state index in [9.17, 15) is 4.79 Å². The van der Waals surface area contributed by atoms with Crippen LogP contribution in [-0.2, 0) is 11.2 Å². The first-order valence-corrected chi connectivity index (χ1v) is 8.70. The number of nitrogens with one attached hydrogen (secondary N) is 1. The lowest BCUT2D eigenvalue weighted by Crippen LogP contribution is -2.53. The monoisotopic (exact) mass is 326 g/mol. The van der Waals surface area contributed by atoms with E-state index >= 15 is 0 Å². The van der Waals surface area contributed by atoms with Crippen molar-refractivity contribution >= 4 is 16.8 Å². The average molecular weight is 326 g/mol. The van der Waals surface area contributed by atoms with Gasteiger partial charge in [0.2, 0.25) is 0 Å². The van der Waals surface area contributed by atoms with Crippen molar-refractivity contribution in [3.8, 4) is 0 Å². The Morgan fingerprint density at radius 2 is 1.83 bits per heavy atom. The van der Waals surface area contributed by atoms with Gasteiger partial charge in [-0.2, -0.15) is 0 Å². The van der Waals surface area contributed by atoms with E-state index in [2.05, 4.69) is 54.7 Å². The molecule has 0 radical (unpaired) electrons. The van der Waals surface area contributed by atoms with Gasteiger partial charge in [0.25, 0.3) is 0 Å². The molecule has 1 aliphatic rings. The van der Waals surface area contributed by atoms with Gasteiger partial charge < -0.3 is 15.0 Å². The van der Waals surface area contributed by atoms with Crippen LogP contribution in [0.15, 0.2) is 42.5 Å². The van der Waals surface area contributed by atoms with Crippen LogP contribution in [0, 0.1) is 0 Å². The zero-order valence-corrected chi connectivity index (χ0v) is 14.7. The molecule has 1 N–H and O–H groups in total. The summed E-state index contributed by atoms with van der Waals surface area (Å²) in [6.07, 6.45) is 1.01. The normalized spacial score (nSPS) is 22.4. The SMILES string of the molecule is CC(Cc1ccc2ccccc2c1)NC(=O)N1CC(C)OC(C)C1. The van der Waals surface area contributed by atoms with E-state index in [0.717, 1.165) is 6.42 Å². The van der Waals surface area contributed by atoms with Gasteiger partial charge in [-0.3, -0.25) is 0 Å². The Hall–Kier alpha value is -2.07. The van der Waals surface area contributed by atoms with Crippen molar-refractivity contribution in [3.05, 3.63) is 48.0 Å². The maximum absolute atomic E-state index is 12.5. The number of hydrogen-bond acceptors (Lipinski definition) is 2. The molecule has 1 saturated heterocycles. The first kappa shape index (κ1) is 16.8. The van der Waals surface area contributed by atoms with Crippen molar-refractivity contribution < 1.29 is 9.53 Å². The highest BCUT2D eigenvalue weighted by atomic mass is 16.5. The zero-order valence-electron chi connectivity index (χ0n) is 14.7. The Morgan fingerprint density at radius 3 is 2.54 bits per heavy atom. The summed E-state index contributed by atoms with van der Waals surface area (Å²) in [4.78, 5) is 14.3. The Labute approximate surface area is 143 Å². The Bertz CT molecular complexity index is 706. The molecule has 24 heavy (non-hydrogen) atoms. The summed E-state index contributed by atoms with van der Waals surface area (Å²) in [6.45, 7) is 7.38. The molecule has 1 fully saturated rings. The predicted molar refractivity (Wildman–Crippen MR) is 97.2 cm³/mol. The fourth-order valence-corrected chi connectivity index (χ4v) is 3.42. The summed E-state index contributed by atoms with van der Waals surface area (Å²) in [5.74, 6) is 0. The third kappa shape index (κ3) is 4.06. The average Bonchev–Trinajstić information content (AvgIpc) is 2.53. The third-order valence-corrected chi connectivity index (χ3v) is 4.43. The second kappa shape index (κ2) is 7.22. The van der Waals surface area contributed by atoms with Crippen LogP contribution in [0.3, 0.4) is 0 Å². The number of amides is 2. The number of morpholine rings is 1. The van der Waals surface area contributed by atoms with E-state index in [1.165, 1.54) is 16.3 Å². The van der Waals surface area contributed by atoms with Crippen molar-refractivity contribution in [3.63, 3.8) is 0 Å². The number of rotatable bonds is 3. The van der Waals surface area contributed by atoms with Gasteiger partial charge in [-0.25, -0.2) is 4.79 Å². The number of fused-ring (bicyclic) bond motifs is 1. The summed E-state index contributed by atoms with van der Waals surface area (Å²) < 4.78 is 5.69. The molecule has 0 spiro atoms. The molecule has 4 heteroatoms. The molecule has 2 aromatic carbocycles. The number of hydrogen-bond donors (Lipinski definition) is 1. The van der Waals surface area contributed by atoms with Crippen LogP contribution in [-0.4, -0.2) is 42.3 Å². The Morgan fingerprint density at radius 1 is 1.17 bits per heavy atom. The smallest absolute Gasteiger partial charge is 0.317 e. The molecule has 2 aromatic rings. The van der Waals surface area contributed by atoms with Gasteiger partial charge in [0.15, 0.2) is 0 Å².